The quantitative estimate of drug-likeness (QED) is 0.649. The van der Waals surface area contributed by atoms with Gasteiger partial charge in [-0.05, 0) is 33.4 Å². The molecule has 0 atom stereocenters. The first-order valence-corrected chi connectivity index (χ1v) is 9.75. The van der Waals surface area contributed by atoms with E-state index in [4.69, 9.17) is 0 Å². The minimum atomic E-state index is 1.01. The summed E-state index contributed by atoms with van der Waals surface area (Å²) in [5.74, 6) is 4.12. The summed E-state index contributed by atoms with van der Waals surface area (Å²) in [4.78, 5) is 0. The lowest BCUT2D eigenvalue weighted by Crippen LogP contribution is -1.96. The molecule has 112 valence electrons. The van der Waals surface area contributed by atoms with Gasteiger partial charge in [-0.25, -0.2) is 0 Å². The number of rotatable bonds is 2. The fourth-order valence-corrected chi connectivity index (χ4v) is 4.65. The lowest BCUT2D eigenvalue weighted by molar-refractivity contribution is 1.28. The van der Waals surface area contributed by atoms with Crippen LogP contribution in [0.3, 0.4) is 0 Å². The van der Waals surface area contributed by atoms with Crippen LogP contribution in [0.5, 0.6) is 0 Å². The van der Waals surface area contributed by atoms with E-state index in [9.17, 15) is 0 Å². The van der Waals surface area contributed by atoms with Gasteiger partial charge in [0.25, 0.3) is 0 Å². The highest BCUT2D eigenvalue weighted by Crippen LogP contribution is 2.29. The van der Waals surface area contributed by atoms with Gasteiger partial charge in [-0.2, -0.15) is 23.5 Å². The van der Waals surface area contributed by atoms with Crippen molar-refractivity contribution < 1.29 is 0 Å². The molecule has 6 rings (SSSR count). The van der Waals surface area contributed by atoms with Crippen molar-refractivity contribution in [3.05, 3.63) is 82.9 Å². The zero-order valence-electron chi connectivity index (χ0n) is 12.7. The van der Waals surface area contributed by atoms with Crippen molar-refractivity contribution in [2.75, 3.05) is 0 Å². The van der Waals surface area contributed by atoms with Crippen LogP contribution >= 0.6 is 23.5 Å². The summed E-state index contributed by atoms with van der Waals surface area (Å²) in [5.41, 5.74) is 8.04. The average Bonchev–Trinajstić information content (AvgIpc) is 2.56. The third-order valence-corrected chi connectivity index (χ3v) is 6.02. The molecule has 0 nitrogen and oxygen atoms in total. The van der Waals surface area contributed by atoms with Crippen molar-refractivity contribution in [1.82, 2.24) is 0 Å². The Morgan fingerprint density at radius 3 is 1.45 bits per heavy atom. The Hall–Kier alpha value is -1.38. The lowest BCUT2D eigenvalue weighted by Gasteiger charge is -2.14. The molecule has 0 radical (unpaired) electrons. The first-order valence-electron chi connectivity index (χ1n) is 7.44. The van der Waals surface area contributed by atoms with Gasteiger partial charge in [0.05, 0.1) is 0 Å². The van der Waals surface area contributed by atoms with E-state index in [0.29, 0.717) is 0 Å². The van der Waals surface area contributed by atoms with Gasteiger partial charge in [-0.3, -0.25) is 0 Å². The average molecular weight is 325 g/mol. The Labute approximate surface area is 141 Å². The van der Waals surface area contributed by atoms with Gasteiger partial charge in [0.15, 0.2) is 0 Å². The van der Waals surface area contributed by atoms with Crippen LogP contribution in [0.2, 0.25) is 0 Å². The van der Waals surface area contributed by atoms with Crippen LogP contribution in [0.1, 0.15) is 33.4 Å². The maximum absolute atomic E-state index is 3.99. The van der Waals surface area contributed by atoms with E-state index in [2.05, 4.69) is 49.6 Å². The lowest BCUT2D eigenvalue weighted by atomic mass is 10.00. The van der Waals surface area contributed by atoms with Gasteiger partial charge in [0, 0.05) is 23.0 Å². The second-order valence-electron chi connectivity index (χ2n) is 5.46. The molecule has 0 unspecified atom stereocenters. The Morgan fingerprint density at radius 1 is 0.682 bits per heavy atom. The molecule has 0 spiro atoms. The zero-order chi connectivity index (χ0) is 15.4. The van der Waals surface area contributed by atoms with Crippen LogP contribution in [0.4, 0.5) is 0 Å². The Balaban J connectivity index is 1.97. The fraction of sp³-hybridized carbons (Fsp3) is 0.200. The molecule has 0 aromatic heterocycles. The molecule has 2 aromatic rings. The van der Waals surface area contributed by atoms with E-state index in [1.165, 1.54) is 33.4 Å². The van der Waals surface area contributed by atoms with E-state index in [1.54, 1.807) is 0 Å². The Morgan fingerprint density at radius 2 is 1.09 bits per heavy atom. The molecular weight excluding hydrogens is 304 g/mol. The molecule has 2 heteroatoms. The van der Waals surface area contributed by atoms with Gasteiger partial charge in [0.1, 0.15) is 0 Å². The second-order valence-corrected chi connectivity index (χ2v) is 7.43. The van der Waals surface area contributed by atoms with Crippen LogP contribution in [0, 0.1) is 0 Å². The molecule has 4 aliphatic heterocycles. The molecule has 2 aromatic carbocycles. The third-order valence-electron chi connectivity index (χ3n) is 3.92. The van der Waals surface area contributed by atoms with Crippen molar-refractivity contribution in [2.45, 2.75) is 23.0 Å². The van der Waals surface area contributed by atoms with Gasteiger partial charge in [-0.15, -0.1) is 0 Å². The minimum Gasteiger partial charge on any atom is -0.152 e. The summed E-state index contributed by atoms with van der Waals surface area (Å²) >= 11 is 3.92. The number of thioether (sulfide) groups is 2. The molecule has 22 heavy (non-hydrogen) atoms. The van der Waals surface area contributed by atoms with Crippen LogP contribution in [-0.4, -0.2) is 0 Å². The van der Waals surface area contributed by atoms with E-state index in [-0.39, 0.29) is 0 Å². The van der Waals surface area contributed by atoms with Gasteiger partial charge < -0.3 is 0 Å². The summed E-state index contributed by atoms with van der Waals surface area (Å²) in [6.07, 6.45) is 3.97. The first-order chi connectivity index (χ1) is 10.8. The first kappa shape index (κ1) is 15.5. The number of hydrogen-bond acceptors (Lipinski definition) is 2. The maximum atomic E-state index is 3.99. The van der Waals surface area contributed by atoms with Crippen molar-refractivity contribution in [3.63, 3.8) is 0 Å². The summed E-state index contributed by atoms with van der Waals surface area (Å²) in [5, 5.41) is 0. The number of hydrogen-bond donors (Lipinski definition) is 0. The van der Waals surface area contributed by atoms with Crippen LogP contribution < -0.4 is 0 Å². The zero-order valence-corrected chi connectivity index (χ0v) is 14.3. The summed E-state index contributed by atoms with van der Waals surface area (Å²) in [7, 11) is 0. The van der Waals surface area contributed by atoms with Crippen LogP contribution in [0.15, 0.2) is 49.6 Å². The van der Waals surface area contributed by atoms with Gasteiger partial charge >= 0.3 is 0 Å². The fourth-order valence-electron chi connectivity index (χ4n) is 2.65. The van der Waals surface area contributed by atoms with Crippen molar-refractivity contribution in [3.8, 4) is 0 Å². The Bertz CT molecular complexity index is 623. The molecule has 0 saturated carbocycles. The normalized spacial score (nSPS) is 14.5. The van der Waals surface area contributed by atoms with E-state index in [1.807, 2.05) is 35.7 Å². The smallest absolute Gasteiger partial charge is 0.0194 e. The predicted molar refractivity (Wildman–Crippen MR) is 103 cm³/mol. The molecule has 0 fully saturated rings. The summed E-state index contributed by atoms with van der Waals surface area (Å²) in [6.45, 7) is 7.98. The molecule has 4 aliphatic rings. The molecule has 4 heterocycles. The van der Waals surface area contributed by atoms with E-state index < -0.39 is 0 Å². The van der Waals surface area contributed by atoms with Crippen molar-refractivity contribution in [2.24, 2.45) is 0 Å². The molecule has 0 saturated heterocycles. The second kappa shape index (κ2) is 7.26. The Kier molecular flexibility index (Phi) is 5.12. The predicted octanol–water partition coefficient (Wildman–Crippen LogP) is 6.15. The third kappa shape index (κ3) is 3.50. The summed E-state index contributed by atoms with van der Waals surface area (Å²) < 4.78 is 0. The van der Waals surface area contributed by atoms with Crippen LogP contribution in [-0.2, 0) is 23.0 Å². The van der Waals surface area contributed by atoms with Crippen LogP contribution in [0.25, 0.3) is 12.2 Å². The standard InChI is InChI=1S/C20H20S2/c1-3-17-9-20-14-22-12-16-7-5-15(6-8-16)11-21-13-19(17)10-18(20)4-2/h3-10H,1-2,11-14H2. The largest absolute Gasteiger partial charge is 0.152 e. The highest BCUT2D eigenvalue weighted by atomic mass is 32.2. The highest BCUT2D eigenvalue weighted by molar-refractivity contribution is 7.98. The van der Waals surface area contributed by atoms with Crippen molar-refractivity contribution in [1.29, 1.82) is 0 Å². The number of benzene rings is 2. The van der Waals surface area contributed by atoms with E-state index >= 15 is 0 Å². The minimum absolute atomic E-state index is 1.01. The molecular formula is C20H20S2. The SMILES string of the molecule is C=Cc1cc2c(C=C)cc1CSCc1ccc(cc1)CSC2. The van der Waals surface area contributed by atoms with E-state index in [0.717, 1.165) is 23.0 Å². The van der Waals surface area contributed by atoms with Gasteiger partial charge in [-0.1, -0.05) is 61.7 Å². The molecule has 4 bridgehead atoms. The monoisotopic (exact) mass is 324 g/mol. The molecule has 0 N–H and O–H groups in total. The molecule has 0 aliphatic carbocycles. The highest BCUT2D eigenvalue weighted by Gasteiger charge is 2.09. The van der Waals surface area contributed by atoms with Crippen molar-refractivity contribution >= 4 is 35.7 Å². The molecule has 0 amide bonds. The van der Waals surface area contributed by atoms with Gasteiger partial charge in [0.2, 0.25) is 0 Å². The maximum Gasteiger partial charge on any atom is 0.0194 e. The summed E-state index contributed by atoms with van der Waals surface area (Å²) in [6, 6.07) is 13.6. The topological polar surface area (TPSA) is 0 Å².